The molecule has 0 aliphatic carbocycles. The Morgan fingerprint density at radius 2 is 1.69 bits per heavy atom. The third kappa shape index (κ3) is 5.22. The molecule has 3 atom stereocenters. The number of halogens is 5. The summed E-state index contributed by atoms with van der Waals surface area (Å²) in [6.45, 7) is 2.69. The lowest BCUT2D eigenvalue weighted by atomic mass is 9.68. The number of nitrogens with one attached hydrogen (secondary N) is 1. The molecule has 2 aromatic carbocycles. The van der Waals surface area contributed by atoms with Gasteiger partial charge in [0.15, 0.2) is 0 Å². The summed E-state index contributed by atoms with van der Waals surface area (Å²) in [6.07, 6.45) is -3.80. The number of amides is 2. The monoisotopic (exact) mass is 542 g/mol. The van der Waals surface area contributed by atoms with Crippen LogP contribution in [-0.4, -0.2) is 47.1 Å². The smallest absolute Gasteiger partial charge is 0.396 e. The summed E-state index contributed by atoms with van der Waals surface area (Å²) in [7, 11) is 1.42. The molecule has 2 amide bonds. The second-order valence-corrected chi connectivity index (χ2v) is 9.57. The van der Waals surface area contributed by atoms with E-state index in [4.69, 9.17) is 23.2 Å². The van der Waals surface area contributed by atoms with Crippen LogP contribution in [0.2, 0.25) is 10.0 Å². The lowest BCUT2D eigenvalue weighted by Crippen LogP contribution is -2.54. The number of carbonyl (C=O) groups excluding carboxylic acids is 2. The topological polar surface area (TPSA) is 86.7 Å². The van der Waals surface area contributed by atoms with Gasteiger partial charge in [-0.1, -0.05) is 59.6 Å². The molecule has 2 N–H and O–H groups in total. The highest BCUT2D eigenvalue weighted by Gasteiger charge is 2.57. The fourth-order valence-corrected chi connectivity index (χ4v) is 4.82. The van der Waals surface area contributed by atoms with Gasteiger partial charge in [-0.25, -0.2) is 4.79 Å². The van der Waals surface area contributed by atoms with Gasteiger partial charge in [0.25, 0.3) is 5.91 Å². The predicted molar refractivity (Wildman–Crippen MR) is 129 cm³/mol. The molecule has 192 valence electrons. The summed E-state index contributed by atoms with van der Waals surface area (Å²) in [5.41, 5.74) is -1.22. The summed E-state index contributed by atoms with van der Waals surface area (Å²) in [5, 5.41) is 12.1. The van der Waals surface area contributed by atoms with E-state index in [9.17, 15) is 32.7 Å². The van der Waals surface area contributed by atoms with Crippen molar-refractivity contribution in [3.8, 4) is 0 Å². The van der Waals surface area contributed by atoms with Crippen LogP contribution in [0, 0.1) is 5.92 Å². The normalized spacial score (nSPS) is 21.1. The van der Waals surface area contributed by atoms with Crippen LogP contribution < -0.4 is 5.32 Å². The third-order valence-electron chi connectivity index (χ3n) is 6.45. The molecule has 2 aromatic rings. The molecule has 3 rings (SSSR count). The Morgan fingerprint density at radius 1 is 1.14 bits per heavy atom. The van der Waals surface area contributed by atoms with Gasteiger partial charge in [0.1, 0.15) is 6.04 Å². The van der Waals surface area contributed by atoms with Crippen molar-refractivity contribution in [1.82, 2.24) is 10.2 Å². The van der Waals surface area contributed by atoms with Gasteiger partial charge >= 0.3 is 12.1 Å². The van der Waals surface area contributed by atoms with Crippen LogP contribution in [0.25, 0.3) is 0 Å². The molecule has 0 radical (unpaired) electrons. The predicted octanol–water partition coefficient (Wildman–Crippen LogP) is 5.23. The van der Waals surface area contributed by atoms with Crippen LogP contribution in [0.15, 0.2) is 54.2 Å². The molecule has 6 nitrogen and oxygen atoms in total. The SMILES string of the molecule is CC1=CC(C(F)(F)F)C(C)(c2ccc(CC(NC(=O)c3c(Cl)cccc3Cl)C(=O)O)cc2)C(=O)N1C. The molecule has 3 unspecified atom stereocenters. The van der Waals surface area contributed by atoms with E-state index in [-0.39, 0.29) is 33.3 Å². The molecule has 0 spiro atoms. The van der Waals surface area contributed by atoms with Crippen molar-refractivity contribution in [1.29, 1.82) is 0 Å². The largest absolute Gasteiger partial charge is 0.480 e. The first kappa shape index (κ1) is 27.5. The van der Waals surface area contributed by atoms with E-state index >= 15 is 0 Å². The Morgan fingerprint density at radius 3 is 2.19 bits per heavy atom. The number of carboxylic acids is 1. The van der Waals surface area contributed by atoms with Gasteiger partial charge in [-0.2, -0.15) is 13.2 Å². The number of alkyl halides is 3. The maximum atomic E-state index is 13.9. The Labute approximate surface area is 215 Å². The molecule has 11 heteroatoms. The van der Waals surface area contributed by atoms with Crippen molar-refractivity contribution in [2.45, 2.75) is 37.9 Å². The first-order valence-electron chi connectivity index (χ1n) is 10.8. The highest BCUT2D eigenvalue weighted by Crippen LogP contribution is 2.47. The van der Waals surface area contributed by atoms with E-state index in [0.717, 1.165) is 6.08 Å². The van der Waals surface area contributed by atoms with Crippen LogP contribution in [0.4, 0.5) is 13.2 Å². The van der Waals surface area contributed by atoms with Gasteiger partial charge in [0.2, 0.25) is 5.91 Å². The molecule has 1 heterocycles. The number of hydrogen-bond donors (Lipinski definition) is 2. The number of nitrogens with zero attached hydrogens (tertiary/aromatic N) is 1. The highest BCUT2D eigenvalue weighted by molar-refractivity contribution is 6.39. The first-order chi connectivity index (χ1) is 16.7. The fraction of sp³-hybridized carbons (Fsp3) is 0.320. The number of allylic oxidation sites excluding steroid dienone is 2. The summed E-state index contributed by atoms with van der Waals surface area (Å²) >= 11 is 12.0. The molecule has 0 aromatic heterocycles. The summed E-state index contributed by atoms with van der Waals surface area (Å²) in [5.74, 6) is -4.85. The molecule has 36 heavy (non-hydrogen) atoms. The van der Waals surface area contributed by atoms with E-state index in [1.54, 1.807) is 0 Å². The molecule has 0 saturated heterocycles. The Hall–Kier alpha value is -3.04. The van der Waals surface area contributed by atoms with E-state index in [2.05, 4.69) is 5.32 Å². The quantitative estimate of drug-likeness (QED) is 0.523. The molecule has 0 fully saturated rings. The van der Waals surface area contributed by atoms with Gasteiger partial charge in [-0.3, -0.25) is 9.59 Å². The molecular formula is C25H23Cl2F3N2O4. The Balaban J connectivity index is 1.88. The van der Waals surface area contributed by atoms with Gasteiger partial charge in [-0.15, -0.1) is 0 Å². The standard InChI is InChI=1S/C25H23Cl2F3N2O4/c1-13-11-19(25(28,29)30)24(2,23(36)32(13)3)15-9-7-14(8-10-15)12-18(22(34)35)31-21(33)20-16(26)5-4-6-17(20)27/h4-11,18-19H,12H2,1-3H3,(H,31,33)(H,34,35). The van der Waals surface area contributed by atoms with Crippen LogP contribution >= 0.6 is 23.2 Å². The van der Waals surface area contributed by atoms with Crippen molar-refractivity contribution in [2.24, 2.45) is 5.92 Å². The van der Waals surface area contributed by atoms with E-state index in [1.165, 1.54) is 68.3 Å². The Kier molecular flexibility index (Phi) is 7.76. The maximum absolute atomic E-state index is 13.9. The average Bonchev–Trinajstić information content (AvgIpc) is 2.79. The van der Waals surface area contributed by atoms with Crippen molar-refractivity contribution in [3.63, 3.8) is 0 Å². The first-order valence-corrected chi connectivity index (χ1v) is 11.5. The van der Waals surface area contributed by atoms with Gasteiger partial charge in [-0.05, 0) is 37.1 Å². The van der Waals surface area contributed by atoms with Gasteiger partial charge in [0.05, 0.1) is 26.9 Å². The lowest BCUT2D eigenvalue weighted by Gasteiger charge is -2.43. The molecule has 1 aliphatic rings. The number of rotatable bonds is 6. The second-order valence-electron chi connectivity index (χ2n) is 8.76. The van der Waals surface area contributed by atoms with Crippen molar-refractivity contribution in [2.75, 3.05) is 7.05 Å². The van der Waals surface area contributed by atoms with Crippen LogP contribution in [0.3, 0.4) is 0 Å². The van der Waals surface area contributed by atoms with Crippen LogP contribution in [-0.2, 0) is 21.4 Å². The zero-order valence-electron chi connectivity index (χ0n) is 19.5. The summed E-state index contributed by atoms with van der Waals surface area (Å²) < 4.78 is 41.7. The van der Waals surface area contributed by atoms with Crippen molar-refractivity contribution >= 4 is 41.0 Å². The zero-order valence-corrected chi connectivity index (χ0v) is 21.0. The second kappa shape index (κ2) is 10.1. The minimum absolute atomic E-state index is 0.0485. The minimum atomic E-state index is -4.66. The molecule has 0 saturated carbocycles. The number of carboxylic acid groups (broad SMARTS) is 1. The number of carbonyl (C=O) groups is 3. The zero-order chi connectivity index (χ0) is 27.0. The van der Waals surface area contributed by atoms with E-state index < -0.39 is 41.3 Å². The molecule has 0 bridgehead atoms. The number of benzene rings is 2. The van der Waals surface area contributed by atoms with Crippen molar-refractivity contribution < 1.29 is 32.7 Å². The third-order valence-corrected chi connectivity index (χ3v) is 7.08. The number of aliphatic carboxylic acids is 1. The minimum Gasteiger partial charge on any atom is -0.480 e. The van der Waals surface area contributed by atoms with Crippen molar-refractivity contribution in [3.05, 3.63) is 81.0 Å². The fourth-order valence-electron chi connectivity index (χ4n) is 4.25. The highest BCUT2D eigenvalue weighted by atomic mass is 35.5. The molecular weight excluding hydrogens is 520 g/mol. The summed E-state index contributed by atoms with van der Waals surface area (Å²) in [6, 6.07) is 8.67. The van der Waals surface area contributed by atoms with Gasteiger partial charge < -0.3 is 15.3 Å². The van der Waals surface area contributed by atoms with E-state index in [1.807, 2.05) is 0 Å². The van der Waals surface area contributed by atoms with Gasteiger partial charge in [0, 0.05) is 19.2 Å². The van der Waals surface area contributed by atoms with E-state index in [0.29, 0.717) is 5.56 Å². The Bertz CT molecular complexity index is 1210. The summed E-state index contributed by atoms with van der Waals surface area (Å²) in [4.78, 5) is 38.6. The molecule has 1 aliphatic heterocycles. The number of hydrogen-bond acceptors (Lipinski definition) is 3. The lowest BCUT2D eigenvalue weighted by molar-refractivity contribution is -0.187. The maximum Gasteiger partial charge on any atom is 0.396 e. The number of likely N-dealkylation sites (N-methyl/N-ethyl adjacent to an activating group) is 1. The van der Waals surface area contributed by atoms with Crippen LogP contribution in [0.5, 0.6) is 0 Å². The average molecular weight is 543 g/mol. The van der Waals surface area contributed by atoms with Crippen LogP contribution in [0.1, 0.15) is 35.3 Å².